The van der Waals surface area contributed by atoms with E-state index in [9.17, 15) is 4.79 Å². The first-order valence-corrected chi connectivity index (χ1v) is 10.1. The molecule has 1 aromatic carbocycles. The molecule has 5 nitrogen and oxygen atoms in total. The van der Waals surface area contributed by atoms with Gasteiger partial charge in [-0.15, -0.1) is 5.10 Å². The Morgan fingerprint density at radius 2 is 1.96 bits per heavy atom. The maximum Gasteiger partial charge on any atom is 0.275 e. The van der Waals surface area contributed by atoms with Gasteiger partial charge in [0, 0.05) is 12.3 Å². The maximum atomic E-state index is 12.0. The number of fused-ring (bicyclic) bond motifs is 1. The Hall–Kier alpha value is -2.21. The summed E-state index contributed by atoms with van der Waals surface area (Å²) in [6.07, 6.45) is 6.53. The van der Waals surface area contributed by atoms with Crippen LogP contribution in [0.25, 0.3) is 4.96 Å². The molecule has 0 aliphatic heterocycles. The second kappa shape index (κ2) is 7.19. The van der Waals surface area contributed by atoms with Gasteiger partial charge in [-0.05, 0) is 42.7 Å². The van der Waals surface area contributed by atoms with Gasteiger partial charge < -0.3 is 5.32 Å². The number of nitrogens with zero attached hydrogens (tertiary/aromatic N) is 3. The van der Waals surface area contributed by atoms with Crippen molar-refractivity contribution in [2.45, 2.75) is 45.6 Å². The SMILES string of the molecule is Cc1ccccc1C(Nc1nn2c(=O)ccnc2s1)C1CCC(C)CC1. The van der Waals surface area contributed by atoms with Gasteiger partial charge in [0.25, 0.3) is 5.56 Å². The summed E-state index contributed by atoms with van der Waals surface area (Å²) < 4.78 is 1.38. The fraction of sp³-hybridized carbons (Fsp3) is 0.450. The van der Waals surface area contributed by atoms with Crippen molar-refractivity contribution in [3.63, 3.8) is 0 Å². The monoisotopic (exact) mass is 368 g/mol. The van der Waals surface area contributed by atoms with Crippen LogP contribution in [-0.2, 0) is 0 Å². The first kappa shape index (κ1) is 17.2. The summed E-state index contributed by atoms with van der Waals surface area (Å²) in [5.41, 5.74) is 2.48. The van der Waals surface area contributed by atoms with E-state index < -0.39 is 0 Å². The zero-order valence-electron chi connectivity index (χ0n) is 15.2. The van der Waals surface area contributed by atoms with E-state index in [1.807, 2.05) is 0 Å². The number of aromatic nitrogens is 3. The molecule has 2 aromatic heterocycles. The molecular formula is C20H24N4OS. The number of hydrogen-bond donors (Lipinski definition) is 1. The molecule has 1 N–H and O–H groups in total. The van der Waals surface area contributed by atoms with Crippen molar-refractivity contribution in [3.05, 3.63) is 58.0 Å². The molecule has 6 heteroatoms. The molecule has 0 bridgehead atoms. The third kappa shape index (κ3) is 3.38. The molecule has 136 valence electrons. The van der Waals surface area contributed by atoms with Crippen LogP contribution < -0.4 is 10.9 Å². The van der Waals surface area contributed by atoms with Crippen LogP contribution in [0.5, 0.6) is 0 Å². The highest BCUT2D eigenvalue weighted by atomic mass is 32.1. The molecule has 1 aliphatic rings. The molecule has 2 heterocycles. The van der Waals surface area contributed by atoms with E-state index in [1.54, 1.807) is 6.20 Å². The van der Waals surface area contributed by atoms with Crippen molar-refractivity contribution in [2.24, 2.45) is 11.8 Å². The Morgan fingerprint density at radius 1 is 1.19 bits per heavy atom. The topological polar surface area (TPSA) is 59.3 Å². The van der Waals surface area contributed by atoms with Crippen LogP contribution in [-0.4, -0.2) is 14.6 Å². The van der Waals surface area contributed by atoms with Crippen LogP contribution in [0.1, 0.15) is 49.8 Å². The quantitative estimate of drug-likeness (QED) is 0.740. The summed E-state index contributed by atoms with van der Waals surface area (Å²) in [4.78, 5) is 16.9. The standard InChI is InChI=1S/C20H24N4OS/c1-13-7-9-15(10-8-13)18(16-6-4-3-5-14(16)2)22-19-23-24-17(25)11-12-21-20(24)26-19/h3-6,11-13,15,18H,7-10H2,1-2H3,(H,22,23). The largest absolute Gasteiger partial charge is 0.353 e. The molecule has 3 aromatic rings. The number of hydrogen-bond acceptors (Lipinski definition) is 5. The van der Waals surface area contributed by atoms with Crippen LogP contribution >= 0.6 is 11.3 Å². The minimum Gasteiger partial charge on any atom is -0.353 e. The van der Waals surface area contributed by atoms with Crippen molar-refractivity contribution in [2.75, 3.05) is 5.32 Å². The summed E-state index contributed by atoms with van der Waals surface area (Å²) >= 11 is 1.43. The van der Waals surface area contributed by atoms with E-state index in [4.69, 9.17) is 0 Å². The van der Waals surface area contributed by atoms with Gasteiger partial charge in [0.1, 0.15) is 0 Å². The summed E-state index contributed by atoms with van der Waals surface area (Å²) in [6.45, 7) is 4.51. The summed E-state index contributed by atoms with van der Waals surface area (Å²) in [5, 5.41) is 8.87. The Balaban J connectivity index is 1.69. The van der Waals surface area contributed by atoms with Gasteiger partial charge in [-0.25, -0.2) is 4.98 Å². The van der Waals surface area contributed by atoms with E-state index >= 15 is 0 Å². The van der Waals surface area contributed by atoms with Gasteiger partial charge in [-0.2, -0.15) is 4.52 Å². The third-order valence-corrected chi connectivity index (χ3v) is 6.36. The van der Waals surface area contributed by atoms with E-state index in [0.29, 0.717) is 10.9 Å². The Kier molecular flexibility index (Phi) is 4.76. The van der Waals surface area contributed by atoms with Crippen molar-refractivity contribution in [1.82, 2.24) is 14.6 Å². The third-order valence-electron chi connectivity index (χ3n) is 5.51. The number of nitrogens with one attached hydrogen (secondary N) is 1. The van der Waals surface area contributed by atoms with E-state index in [1.165, 1.54) is 58.7 Å². The Bertz CT molecular complexity index is 956. The van der Waals surface area contributed by atoms with Crippen LogP contribution in [0.4, 0.5) is 5.13 Å². The predicted octanol–water partition coefficient (Wildman–Crippen LogP) is 4.44. The molecule has 1 atom stereocenters. The fourth-order valence-electron chi connectivity index (χ4n) is 3.94. The van der Waals surface area contributed by atoms with Gasteiger partial charge >= 0.3 is 0 Å². The van der Waals surface area contributed by atoms with Crippen LogP contribution in [0.2, 0.25) is 0 Å². The molecule has 4 rings (SSSR count). The molecule has 1 aliphatic carbocycles. The summed E-state index contributed by atoms with van der Waals surface area (Å²) in [6, 6.07) is 10.2. The zero-order valence-corrected chi connectivity index (χ0v) is 16.0. The summed E-state index contributed by atoms with van der Waals surface area (Å²) in [7, 11) is 0. The van der Waals surface area contributed by atoms with E-state index in [0.717, 1.165) is 11.0 Å². The second-order valence-electron chi connectivity index (χ2n) is 7.38. The highest BCUT2D eigenvalue weighted by molar-refractivity contribution is 7.20. The minimum absolute atomic E-state index is 0.141. The van der Waals surface area contributed by atoms with Crippen LogP contribution in [0.3, 0.4) is 0 Å². The first-order chi connectivity index (χ1) is 12.6. The lowest BCUT2D eigenvalue weighted by Gasteiger charge is -2.34. The molecule has 0 spiro atoms. The molecule has 26 heavy (non-hydrogen) atoms. The number of benzene rings is 1. The van der Waals surface area contributed by atoms with E-state index in [-0.39, 0.29) is 11.6 Å². The first-order valence-electron chi connectivity index (χ1n) is 9.29. The van der Waals surface area contributed by atoms with Gasteiger partial charge in [-0.3, -0.25) is 4.79 Å². The molecule has 1 unspecified atom stereocenters. The zero-order chi connectivity index (χ0) is 18.1. The normalized spacial score (nSPS) is 21.6. The number of rotatable bonds is 4. The maximum absolute atomic E-state index is 12.0. The Labute approximate surface area is 157 Å². The molecule has 0 radical (unpaired) electrons. The molecule has 1 saturated carbocycles. The van der Waals surface area contributed by atoms with Crippen LogP contribution in [0.15, 0.2) is 41.3 Å². The average Bonchev–Trinajstić information content (AvgIpc) is 3.06. The lowest BCUT2D eigenvalue weighted by atomic mass is 9.76. The van der Waals surface area contributed by atoms with Crippen molar-refractivity contribution in [1.29, 1.82) is 0 Å². The van der Waals surface area contributed by atoms with Gasteiger partial charge in [0.15, 0.2) is 0 Å². The average molecular weight is 369 g/mol. The number of aryl methyl sites for hydroxylation is 1. The van der Waals surface area contributed by atoms with E-state index in [2.05, 4.69) is 53.5 Å². The molecular weight excluding hydrogens is 344 g/mol. The lowest BCUT2D eigenvalue weighted by molar-refractivity contribution is 0.264. The van der Waals surface area contributed by atoms with Crippen molar-refractivity contribution < 1.29 is 0 Å². The molecule has 0 amide bonds. The predicted molar refractivity (Wildman–Crippen MR) is 106 cm³/mol. The van der Waals surface area contributed by atoms with Gasteiger partial charge in [-0.1, -0.05) is 55.4 Å². The molecule has 1 fully saturated rings. The highest BCUT2D eigenvalue weighted by Gasteiger charge is 2.29. The smallest absolute Gasteiger partial charge is 0.275 e. The van der Waals surface area contributed by atoms with Gasteiger partial charge in [0.2, 0.25) is 10.1 Å². The lowest BCUT2D eigenvalue weighted by Crippen LogP contribution is -2.26. The van der Waals surface area contributed by atoms with Crippen molar-refractivity contribution >= 4 is 21.4 Å². The highest BCUT2D eigenvalue weighted by Crippen LogP contribution is 2.39. The minimum atomic E-state index is -0.141. The molecule has 0 saturated heterocycles. The van der Waals surface area contributed by atoms with Crippen molar-refractivity contribution in [3.8, 4) is 0 Å². The second-order valence-corrected chi connectivity index (χ2v) is 8.34. The fourth-order valence-corrected chi connectivity index (χ4v) is 4.75. The van der Waals surface area contributed by atoms with Crippen LogP contribution in [0, 0.1) is 18.8 Å². The summed E-state index contributed by atoms with van der Waals surface area (Å²) in [5.74, 6) is 1.39. The van der Waals surface area contributed by atoms with Gasteiger partial charge in [0.05, 0.1) is 6.04 Å². The Morgan fingerprint density at radius 3 is 2.69 bits per heavy atom. The number of anilines is 1.